The number of nitrogens with zero attached hydrogens (tertiary/aromatic N) is 3. The fourth-order valence-corrected chi connectivity index (χ4v) is 4.12. The van der Waals surface area contributed by atoms with E-state index in [1.807, 2.05) is 41.6 Å². The van der Waals surface area contributed by atoms with Crippen molar-refractivity contribution in [3.63, 3.8) is 0 Å². The largest absolute Gasteiger partial charge is 0.362 e. The van der Waals surface area contributed by atoms with Crippen molar-refractivity contribution >= 4 is 11.6 Å². The average Bonchev–Trinajstić information content (AvgIpc) is 2.99. The number of carbonyl (C=O) groups excluding carboxylic acids is 1. The van der Waals surface area contributed by atoms with E-state index in [9.17, 15) is 9.18 Å². The van der Waals surface area contributed by atoms with Crippen LogP contribution in [-0.2, 0) is 24.3 Å². The van der Waals surface area contributed by atoms with Crippen LogP contribution in [0.1, 0.15) is 34.5 Å². The Morgan fingerprint density at radius 3 is 2.77 bits per heavy atom. The number of aryl methyl sites for hydroxylation is 2. The molecule has 0 bridgehead atoms. The summed E-state index contributed by atoms with van der Waals surface area (Å²) in [6.45, 7) is 6.26. The van der Waals surface area contributed by atoms with Crippen LogP contribution in [0.2, 0.25) is 0 Å². The highest BCUT2D eigenvalue weighted by Gasteiger charge is 2.20. The summed E-state index contributed by atoms with van der Waals surface area (Å²) < 4.78 is 15.5. The minimum atomic E-state index is -0.224. The number of rotatable bonds is 6. The molecule has 1 aromatic heterocycles. The van der Waals surface area contributed by atoms with Crippen molar-refractivity contribution in [1.29, 1.82) is 0 Å². The molecule has 0 saturated heterocycles. The summed E-state index contributed by atoms with van der Waals surface area (Å²) in [5.74, 6) is -0.264. The van der Waals surface area contributed by atoms with Crippen molar-refractivity contribution in [1.82, 2.24) is 15.1 Å². The summed E-state index contributed by atoms with van der Waals surface area (Å²) in [5.41, 5.74) is 6.18. The molecule has 1 aliphatic rings. The molecule has 30 heavy (non-hydrogen) atoms. The maximum absolute atomic E-state index is 13.5. The van der Waals surface area contributed by atoms with Gasteiger partial charge in [-0.2, -0.15) is 5.10 Å². The van der Waals surface area contributed by atoms with Gasteiger partial charge < -0.3 is 10.2 Å². The minimum absolute atomic E-state index is 0.0400. The lowest BCUT2D eigenvalue weighted by molar-refractivity contribution is -0.119. The second-order valence-electron chi connectivity index (χ2n) is 7.87. The predicted molar refractivity (Wildman–Crippen MR) is 116 cm³/mol. The molecule has 156 valence electrons. The monoisotopic (exact) mass is 406 g/mol. The average molecular weight is 407 g/mol. The third kappa shape index (κ3) is 4.37. The first-order chi connectivity index (χ1) is 14.5. The summed E-state index contributed by atoms with van der Waals surface area (Å²) in [5, 5.41) is 7.70. The Labute approximate surface area is 176 Å². The second-order valence-corrected chi connectivity index (χ2v) is 7.87. The Morgan fingerprint density at radius 1 is 1.17 bits per heavy atom. The molecule has 0 aliphatic carbocycles. The van der Waals surface area contributed by atoms with E-state index in [0.717, 1.165) is 47.6 Å². The highest BCUT2D eigenvalue weighted by atomic mass is 19.1. The van der Waals surface area contributed by atoms with Crippen LogP contribution in [0, 0.1) is 19.7 Å². The summed E-state index contributed by atoms with van der Waals surface area (Å²) >= 11 is 0. The molecule has 2 aromatic carbocycles. The Morgan fingerprint density at radius 2 is 1.97 bits per heavy atom. The number of anilines is 1. The van der Waals surface area contributed by atoms with Crippen molar-refractivity contribution < 1.29 is 9.18 Å². The number of halogens is 1. The zero-order valence-corrected chi connectivity index (χ0v) is 17.5. The van der Waals surface area contributed by atoms with Crippen LogP contribution >= 0.6 is 0 Å². The number of fused-ring (bicyclic) bond motifs is 1. The van der Waals surface area contributed by atoms with Gasteiger partial charge >= 0.3 is 0 Å². The third-order valence-corrected chi connectivity index (χ3v) is 5.76. The molecule has 3 aromatic rings. The van der Waals surface area contributed by atoms with Crippen molar-refractivity contribution in [3.8, 4) is 0 Å². The number of aromatic nitrogens is 2. The van der Waals surface area contributed by atoms with Crippen LogP contribution in [0.5, 0.6) is 0 Å². The lowest BCUT2D eigenvalue weighted by Gasteiger charge is -2.30. The third-order valence-electron chi connectivity index (χ3n) is 5.76. The van der Waals surface area contributed by atoms with E-state index >= 15 is 0 Å². The van der Waals surface area contributed by atoms with Gasteiger partial charge in [-0.25, -0.2) is 4.39 Å². The first-order valence-corrected chi connectivity index (χ1v) is 10.4. The summed E-state index contributed by atoms with van der Waals surface area (Å²) in [7, 11) is 0. The lowest BCUT2D eigenvalue weighted by atomic mass is 10.0. The maximum atomic E-state index is 13.5. The minimum Gasteiger partial charge on any atom is -0.362 e. The van der Waals surface area contributed by atoms with Crippen LogP contribution in [0.25, 0.3) is 0 Å². The molecule has 4 rings (SSSR count). The number of hydrogen-bond acceptors (Lipinski definition) is 3. The van der Waals surface area contributed by atoms with Crippen LogP contribution < -0.4 is 10.2 Å². The van der Waals surface area contributed by atoms with Crippen molar-refractivity contribution in [2.45, 2.75) is 39.8 Å². The van der Waals surface area contributed by atoms with E-state index in [-0.39, 0.29) is 18.3 Å². The fourth-order valence-electron chi connectivity index (χ4n) is 4.12. The topological polar surface area (TPSA) is 50.2 Å². The van der Waals surface area contributed by atoms with Gasteiger partial charge in [0.25, 0.3) is 0 Å². The van der Waals surface area contributed by atoms with Gasteiger partial charge in [0.2, 0.25) is 5.91 Å². The molecule has 0 unspecified atom stereocenters. The molecular formula is C24H27FN4O. The number of amides is 1. The van der Waals surface area contributed by atoms with Crippen LogP contribution in [0.15, 0.2) is 48.5 Å². The molecule has 0 spiro atoms. The lowest BCUT2D eigenvalue weighted by Crippen LogP contribution is -2.39. The summed E-state index contributed by atoms with van der Waals surface area (Å²) in [6, 6.07) is 15.0. The van der Waals surface area contributed by atoms with E-state index in [1.165, 1.54) is 11.6 Å². The van der Waals surface area contributed by atoms with E-state index < -0.39 is 0 Å². The van der Waals surface area contributed by atoms with Gasteiger partial charge in [-0.05, 0) is 56.0 Å². The standard InChI is InChI=1S/C24H27FN4O/c1-17-22(18(2)29(27-17)15-19-7-4-3-5-8-19)14-26-24(30)16-28-12-6-9-20-13-21(25)10-11-23(20)28/h3-5,7-8,10-11,13H,6,9,12,14-16H2,1-2H3,(H,26,30). The highest BCUT2D eigenvalue weighted by molar-refractivity contribution is 5.82. The summed E-state index contributed by atoms with van der Waals surface area (Å²) in [6.07, 6.45) is 1.78. The molecule has 5 nitrogen and oxygen atoms in total. The smallest absolute Gasteiger partial charge is 0.239 e. The van der Waals surface area contributed by atoms with Gasteiger partial charge in [0, 0.05) is 30.0 Å². The van der Waals surface area contributed by atoms with Gasteiger partial charge in [0.05, 0.1) is 18.8 Å². The first kappa shape index (κ1) is 20.1. The van der Waals surface area contributed by atoms with Gasteiger partial charge in [0.1, 0.15) is 5.82 Å². The van der Waals surface area contributed by atoms with E-state index in [2.05, 4.69) is 22.5 Å². The van der Waals surface area contributed by atoms with E-state index in [4.69, 9.17) is 0 Å². The van der Waals surface area contributed by atoms with Gasteiger partial charge in [-0.15, -0.1) is 0 Å². The quantitative estimate of drug-likeness (QED) is 0.678. The number of benzene rings is 2. The predicted octanol–water partition coefficient (Wildman–Crippen LogP) is 3.76. The molecule has 6 heteroatoms. The van der Waals surface area contributed by atoms with Crippen molar-refractivity contribution in [3.05, 3.63) is 82.4 Å². The fraction of sp³-hybridized carbons (Fsp3) is 0.333. The van der Waals surface area contributed by atoms with Crippen molar-refractivity contribution in [2.24, 2.45) is 0 Å². The summed E-state index contributed by atoms with van der Waals surface area (Å²) in [4.78, 5) is 14.7. The molecule has 1 N–H and O–H groups in total. The molecule has 0 fully saturated rings. The molecule has 0 saturated carbocycles. The molecule has 1 amide bonds. The van der Waals surface area contributed by atoms with Gasteiger partial charge in [-0.3, -0.25) is 9.48 Å². The molecule has 0 radical (unpaired) electrons. The molecule has 2 heterocycles. The Hall–Kier alpha value is -3.15. The maximum Gasteiger partial charge on any atom is 0.239 e. The van der Waals surface area contributed by atoms with Gasteiger partial charge in [-0.1, -0.05) is 30.3 Å². The van der Waals surface area contributed by atoms with Crippen LogP contribution in [0.3, 0.4) is 0 Å². The Kier molecular flexibility index (Phi) is 5.84. The van der Waals surface area contributed by atoms with Crippen molar-refractivity contribution in [2.75, 3.05) is 18.0 Å². The van der Waals surface area contributed by atoms with Crippen LogP contribution in [0.4, 0.5) is 10.1 Å². The zero-order valence-electron chi connectivity index (χ0n) is 17.5. The molecule has 0 atom stereocenters. The Balaban J connectivity index is 1.39. The molecule has 1 aliphatic heterocycles. The first-order valence-electron chi connectivity index (χ1n) is 10.4. The van der Waals surface area contributed by atoms with Gasteiger partial charge in [0.15, 0.2) is 0 Å². The Bertz CT molecular complexity index is 1040. The highest BCUT2D eigenvalue weighted by Crippen LogP contribution is 2.27. The number of hydrogen-bond donors (Lipinski definition) is 1. The zero-order chi connectivity index (χ0) is 21.1. The van der Waals surface area contributed by atoms with Crippen LogP contribution in [-0.4, -0.2) is 28.8 Å². The van der Waals surface area contributed by atoms with E-state index in [1.54, 1.807) is 12.1 Å². The normalized spacial score (nSPS) is 13.2. The second kappa shape index (κ2) is 8.69. The number of carbonyl (C=O) groups is 1. The van der Waals surface area contributed by atoms with E-state index in [0.29, 0.717) is 13.1 Å². The molecular weight excluding hydrogens is 379 g/mol. The SMILES string of the molecule is Cc1nn(Cc2ccccc2)c(C)c1CNC(=O)CN1CCCc2cc(F)ccc21. The number of nitrogens with one attached hydrogen (secondary N) is 1.